The highest BCUT2D eigenvalue weighted by atomic mass is 16.4. The molecule has 0 bridgehead atoms. The third-order valence-electron chi connectivity index (χ3n) is 6.67. The Morgan fingerprint density at radius 3 is 2.25 bits per heavy atom. The van der Waals surface area contributed by atoms with E-state index in [0.717, 1.165) is 16.5 Å². The molecule has 0 aliphatic carbocycles. The summed E-state index contributed by atoms with van der Waals surface area (Å²) in [7, 11) is 0. The summed E-state index contributed by atoms with van der Waals surface area (Å²) in [6.07, 6.45) is 2.72. The minimum absolute atomic E-state index is 0.0106. The van der Waals surface area contributed by atoms with E-state index in [4.69, 9.17) is 17.2 Å². The van der Waals surface area contributed by atoms with E-state index in [9.17, 15) is 29.4 Å². The quantitative estimate of drug-likeness (QED) is 0.0669. The molecular weight excluding hydrogens is 520 g/mol. The number of aromatic nitrogens is 1. The Hall–Kier alpha value is -4.17. The monoisotopic (exact) mass is 560 g/mol. The highest BCUT2D eigenvalue weighted by Crippen LogP contribution is 2.19. The van der Waals surface area contributed by atoms with E-state index in [1.807, 2.05) is 38.1 Å². The normalized spacial score (nSPS) is 14.8. The van der Waals surface area contributed by atoms with Crippen molar-refractivity contribution in [1.29, 1.82) is 0 Å². The smallest absolute Gasteiger partial charge is 0.326 e. The highest BCUT2D eigenvalue weighted by molar-refractivity contribution is 5.95. The first-order valence-corrected chi connectivity index (χ1v) is 13.1. The van der Waals surface area contributed by atoms with Gasteiger partial charge in [0, 0.05) is 30.1 Å². The summed E-state index contributed by atoms with van der Waals surface area (Å²) in [6, 6.07) is 2.65. The number of para-hydroxylation sites is 1. The molecule has 5 unspecified atom stereocenters. The van der Waals surface area contributed by atoms with Gasteiger partial charge in [-0.25, -0.2) is 4.79 Å². The molecule has 0 saturated heterocycles. The van der Waals surface area contributed by atoms with Gasteiger partial charge < -0.3 is 48.3 Å². The number of guanidine groups is 1. The standard InChI is InChI=1S/C26H40N8O6/c1-3-14(2)21(27)24(38)33-19(11-15-12-31-17-8-5-4-7-16(15)17)22(36)34-20(13-35)23(37)32-18(25(39)40)9-6-10-30-26(28)29/h4-5,7-8,12,14,18-21,31,35H,3,6,9-11,13,27H2,1-2H3,(H,32,37)(H,33,38)(H,34,36)(H,39,40)(H4,28,29,30). The number of aliphatic imine (C=N–C) groups is 1. The lowest BCUT2D eigenvalue weighted by molar-refractivity contribution is -0.142. The van der Waals surface area contributed by atoms with Crippen molar-refractivity contribution in [2.45, 2.75) is 63.7 Å². The molecular formula is C26H40N8O6. The SMILES string of the molecule is CCC(C)C(N)C(=O)NC(Cc1c[nH]c2ccccc12)C(=O)NC(CO)C(=O)NC(CCCN=C(N)N)C(=O)O. The maximum atomic E-state index is 13.3. The van der Waals surface area contributed by atoms with Gasteiger partial charge in [0.1, 0.15) is 18.1 Å². The number of rotatable bonds is 16. The van der Waals surface area contributed by atoms with Crippen LogP contribution < -0.4 is 33.2 Å². The van der Waals surface area contributed by atoms with E-state index in [1.165, 1.54) is 0 Å². The molecule has 0 saturated carbocycles. The Balaban J connectivity index is 2.18. The number of carbonyl (C=O) groups is 4. The summed E-state index contributed by atoms with van der Waals surface area (Å²) in [5, 5.41) is 27.6. The van der Waals surface area contributed by atoms with Gasteiger partial charge in [-0.1, -0.05) is 38.5 Å². The van der Waals surface area contributed by atoms with E-state index in [-0.39, 0.29) is 37.7 Å². The third kappa shape index (κ3) is 9.24. The van der Waals surface area contributed by atoms with Gasteiger partial charge in [0.05, 0.1) is 12.6 Å². The number of carboxylic acids is 1. The zero-order valence-electron chi connectivity index (χ0n) is 22.7. The largest absolute Gasteiger partial charge is 0.480 e. The molecule has 0 spiro atoms. The van der Waals surface area contributed by atoms with Gasteiger partial charge in [-0.3, -0.25) is 19.4 Å². The zero-order chi connectivity index (χ0) is 29.8. The second-order valence-electron chi connectivity index (χ2n) is 9.63. The second-order valence-corrected chi connectivity index (χ2v) is 9.63. The topological polar surface area (TPSA) is 251 Å². The number of aliphatic carboxylic acids is 1. The molecule has 0 fully saturated rings. The van der Waals surface area contributed by atoms with Gasteiger partial charge in [0.2, 0.25) is 17.7 Å². The summed E-state index contributed by atoms with van der Waals surface area (Å²) in [5.74, 6) is -3.77. The van der Waals surface area contributed by atoms with Gasteiger partial charge in [-0.2, -0.15) is 0 Å². The third-order valence-corrected chi connectivity index (χ3v) is 6.67. The van der Waals surface area contributed by atoms with Crippen LogP contribution in [0.2, 0.25) is 0 Å². The Bertz CT molecular complexity index is 1190. The van der Waals surface area contributed by atoms with Crippen molar-refractivity contribution >= 4 is 40.6 Å². The molecule has 0 aliphatic heterocycles. The van der Waals surface area contributed by atoms with Crippen LogP contribution in [0.3, 0.4) is 0 Å². The number of aromatic amines is 1. The number of hydrogen-bond donors (Lipinski definition) is 9. The van der Waals surface area contributed by atoms with Crippen molar-refractivity contribution < 1.29 is 29.4 Å². The first-order chi connectivity index (χ1) is 19.0. The lowest BCUT2D eigenvalue weighted by Gasteiger charge is -2.25. The average Bonchev–Trinajstić information content (AvgIpc) is 3.34. The fourth-order valence-corrected chi connectivity index (χ4v) is 4.01. The first kappa shape index (κ1) is 32.0. The summed E-state index contributed by atoms with van der Waals surface area (Å²) in [6.45, 7) is 3.07. The molecule has 2 rings (SSSR count). The van der Waals surface area contributed by atoms with E-state index in [1.54, 1.807) is 6.20 Å². The minimum Gasteiger partial charge on any atom is -0.480 e. The van der Waals surface area contributed by atoms with E-state index >= 15 is 0 Å². The summed E-state index contributed by atoms with van der Waals surface area (Å²) >= 11 is 0. The van der Waals surface area contributed by atoms with E-state index < -0.39 is 54.5 Å². The van der Waals surface area contributed by atoms with Gasteiger partial charge in [0.15, 0.2) is 5.96 Å². The van der Waals surface area contributed by atoms with Crippen LogP contribution in [0, 0.1) is 5.92 Å². The van der Waals surface area contributed by atoms with E-state index in [2.05, 4.69) is 25.9 Å². The van der Waals surface area contributed by atoms with Gasteiger partial charge in [0.25, 0.3) is 0 Å². The number of hydrogen-bond acceptors (Lipinski definition) is 7. The molecule has 14 nitrogen and oxygen atoms in total. The van der Waals surface area contributed by atoms with Crippen LogP contribution in [0.4, 0.5) is 0 Å². The maximum Gasteiger partial charge on any atom is 0.326 e. The van der Waals surface area contributed by atoms with Crippen molar-refractivity contribution in [3.63, 3.8) is 0 Å². The summed E-state index contributed by atoms with van der Waals surface area (Å²) in [4.78, 5) is 57.6. The van der Waals surface area contributed by atoms with Crippen molar-refractivity contribution in [3.8, 4) is 0 Å². The predicted octanol–water partition coefficient (Wildman–Crippen LogP) is -1.33. The number of nitrogens with two attached hydrogens (primary N) is 3. The van der Waals surface area contributed by atoms with Crippen LogP contribution in [0.5, 0.6) is 0 Å². The molecule has 14 heteroatoms. The number of H-pyrrole nitrogens is 1. The lowest BCUT2D eigenvalue weighted by atomic mass is 9.98. The number of carbonyl (C=O) groups excluding carboxylic acids is 3. The van der Waals surface area contributed by atoms with Crippen LogP contribution in [-0.2, 0) is 25.6 Å². The molecule has 220 valence electrons. The Morgan fingerprint density at radius 1 is 1.00 bits per heavy atom. The fraction of sp³-hybridized carbons (Fsp3) is 0.500. The Labute approximate surface area is 232 Å². The molecule has 12 N–H and O–H groups in total. The number of aliphatic hydroxyl groups is 1. The number of benzene rings is 1. The molecule has 40 heavy (non-hydrogen) atoms. The summed E-state index contributed by atoms with van der Waals surface area (Å²) < 4.78 is 0. The second kappa shape index (κ2) is 15.4. The number of aliphatic hydroxyl groups excluding tert-OH is 1. The fourth-order valence-electron chi connectivity index (χ4n) is 4.01. The van der Waals surface area contributed by atoms with Crippen molar-refractivity contribution in [2.24, 2.45) is 28.1 Å². The predicted molar refractivity (Wildman–Crippen MR) is 150 cm³/mol. The van der Waals surface area contributed by atoms with Crippen LogP contribution in [0.25, 0.3) is 10.9 Å². The minimum atomic E-state index is -1.47. The van der Waals surface area contributed by atoms with Crippen molar-refractivity contribution in [2.75, 3.05) is 13.2 Å². The number of fused-ring (bicyclic) bond motifs is 1. The molecule has 1 heterocycles. The van der Waals surface area contributed by atoms with Crippen LogP contribution in [0.1, 0.15) is 38.7 Å². The zero-order valence-corrected chi connectivity index (χ0v) is 22.7. The van der Waals surface area contributed by atoms with Gasteiger partial charge in [-0.05, 0) is 30.4 Å². The number of nitrogens with zero attached hydrogens (tertiary/aromatic N) is 1. The van der Waals surface area contributed by atoms with Gasteiger partial charge in [-0.15, -0.1) is 0 Å². The molecule has 5 atom stereocenters. The van der Waals surface area contributed by atoms with Crippen molar-refractivity contribution in [1.82, 2.24) is 20.9 Å². The molecule has 3 amide bonds. The number of amides is 3. The number of carboxylic acid groups (broad SMARTS) is 1. The first-order valence-electron chi connectivity index (χ1n) is 13.1. The lowest BCUT2D eigenvalue weighted by Crippen LogP contribution is -2.59. The average molecular weight is 561 g/mol. The van der Waals surface area contributed by atoms with Crippen LogP contribution in [-0.4, -0.2) is 82.2 Å². The van der Waals surface area contributed by atoms with Gasteiger partial charge >= 0.3 is 5.97 Å². The maximum absolute atomic E-state index is 13.3. The molecule has 0 aliphatic rings. The van der Waals surface area contributed by atoms with Crippen LogP contribution >= 0.6 is 0 Å². The molecule has 1 aromatic heterocycles. The van der Waals surface area contributed by atoms with E-state index in [0.29, 0.717) is 6.42 Å². The molecule has 1 aromatic carbocycles. The van der Waals surface area contributed by atoms with Crippen LogP contribution in [0.15, 0.2) is 35.5 Å². The number of nitrogens with one attached hydrogen (secondary N) is 4. The van der Waals surface area contributed by atoms with Crippen molar-refractivity contribution in [3.05, 3.63) is 36.0 Å². The Morgan fingerprint density at radius 2 is 1.62 bits per heavy atom. The molecule has 0 radical (unpaired) electrons. The summed E-state index contributed by atoms with van der Waals surface area (Å²) in [5.41, 5.74) is 18.2. The molecule has 2 aromatic rings. The Kier molecular flexibility index (Phi) is 12.4. The highest BCUT2D eigenvalue weighted by Gasteiger charge is 2.31.